The Morgan fingerprint density at radius 3 is 3.00 bits per heavy atom. The molecule has 4 nitrogen and oxygen atoms in total. The van der Waals surface area contributed by atoms with Crippen LogP contribution >= 0.6 is 0 Å². The van der Waals surface area contributed by atoms with Crippen molar-refractivity contribution in [3.05, 3.63) is 22.5 Å². The Bertz CT molecular complexity index is 247. The largest absolute Gasteiger partial charge is 0.416 e. The van der Waals surface area contributed by atoms with E-state index in [2.05, 4.69) is 9.40 Å². The second kappa shape index (κ2) is 2.30. The maximum atomic E-state index is 10.2. The highest BCUT2D eigenvalue weighted by molar-refractivity contribution is 5.52. The Hall–Kier alpha value is -1.32. The number of aldehydes is 1. The summed E-state index contributed by atoms with van der Waals surface area (Å²) >= 11 is 0. The fraction of sp³-hybridized carbons (Fsp3) is 0.200. The van der Waals surface area contributed by atoms with Gasteiger partial charge in [0, 0.05) is 6.20 Å². The highest BCUT2D eigenvalue weighted by Crippen LogP contribution is 1.89. The lowest BCUT2D eigenvalue weighted by atomic mass is 10.4. The number of carbonyl (C=O) groups excluding carboxylic acids is 1. The summed E-state index contributed by atoms with van der Waals surface area (Å²) in [5.74, 6) is -0.151. The molecular formula is C5H5NO3. The summed E-state index contributed by atoms with van der Waals surface area (Å²) in [6.07, 6.45) is 2.20. The molecule has 1 rings (SSSR count). The molecule has 0 saturated carbocycles. The normalized spacial score (nSPS) is 9.33. The average molecular weight is 127 g/mol. The molecule has 0 radical (unpaired) electrons. The molecule has 0 aromatic carbocycles. The van der Waals surface area contributed by atoms with Gasteiger partial charge in [-0.1, -0.05) is 0 Å². The van der Waals surface area contributed by atoms with Crippen LogP contribution in [0.4, 0.5) is 0 Å². The maximum absolute atomic E-state index is 10.2. The topological polar surface area (TPSA) is 63.1 Å². The molecule has 0 saturated heterocycles. The Balaban J connectivity index is 2.84. The van der Waals surface area contributed by atoms with Crippen LogP contribution in [0.2, 0.25) is 0 Å². The predicted octanol–water partition coefficient (Wildman–Crippen LogP) is -0.291. The third kappa shape index (κ3) is 1.28. The van der Waals surface area contributed by atoms with E-state index in [1.54, 1.807) is 0 Å². The Kier molecular flexibility index (Phi) is 1.48. The molecular weight excluding hydrogens is 122 g/mol. The molecule has 0 aliphatic carbocycles. The number of hydrogen-bond acceptors (Lipinski definition) is 3. The third-order valence-electron chi connectivity index (χ3n) is 0.859. The van der Waals surface area contributed by atoms with Crippen LogP contribution in [0.15, 0.2) is 15.4 Å². The van der Waals surface area contributed by atoms with Crippen molar-refractivity contribution in [3.8, 4) is 0 Å². The van der Waals surface area contributed by atoms with Gasteiger partial charge in [-0.2, -0.15) is 0 Å². The van der Waals surface area contributed by atoms with Crippen molar-refractivity contribution in [2.24, 2.45) is 0 Å². The van der Waals surface area contributed by atoms with Crippen molar-refractivity contribution < 1.29 is 9.21 Å². The number of carbonyl (C=O) groups is 1. The molecule has 9 heavy (non-hydrogen) atoms. The Morgan fingerprint density at radius 2 is 2.56 bits per heavy atom. The predicted molar refractivity (Wildman–Crippen MR) is 29.1 cm³/mol. The van der Waals surface area contributed by atoms with E-state index in [1.165, 1.54) is 6.20 Å². The summed E-state index contributed by atoms with van der Waals surface area (Å²) in [4.78, 5) is 22.3. The summed E-state index contributed by atoms with van der Waals surface area (Å²) in [6.45, 7) is 0. The van der Waals surface area contributed by atoms with Crippen molar-refractivity contribution in [1.29, 1.82) is 0 Å². The lowest BCUT2D eigenvalue weighted by Gasteiger charge is -1.76. The van der Waals surface area contributed by atoms with Gasteiger partial charge in [0.2, 0.25) is 0 Å². The molecule has 1 aromatic rings. The fourth-order valence-corrected chi connectivity index (χ4v) is 0.500. The van der Waals surface area contributed by atoms with Gasteiger partial charge in [-0.3, -0.25) is 4.98 Å². The van der Waals surface area contributed by atoms with E-state index in [1.807, 2.05) is 0 Å². The van der Waals surface area contributed by atoms with Gasteiger partial charge in [-0.05, 0) is 0 Å². The molecule has 0 aliphatic rings. The standard InChI is InChI=1S/C5H5NO3/c7-2-1-4-3-6-5(8)9-4/h2-3H,1H2,(H,6,8). The fourth-order valence-electron chi connectivity index (χ4n) is 0.500. The van der Waals surface area contributed by atoms with E-state index in [0.29, 0.717) is 12.0 Å². The summed E-state index contributed by atoms with van der Waals surface area (Å²) in [5, 5.41) is 0. The van der Waals surface area contributed by atoms with Gasteiger partial charge in [0.15, 0.2) is 0 Å². The Morgan fingerprint density at radius 1 is 1.78 bits per heavy atom. The van der Waals surface area contributed by atoms with Crippen molar-refractivity contribution in [2.45, 2.75) is 6.42 Å². The number of nitrogens with one attached hydrogen (secondary N) is 1. The van der Waals surface area contributed by atoms with Crippen LogP contribution < -0.4 is 5.76 Å². The first kappa shape index (κ1) is 5.81. The number of aromatic amines is 1. The van der Waals surface area contributed by atoms with Crippen LogP contribution in [0.25, 0.3) is 0 Å². The minimum atomic E-state index is -0.521. The summed E-state index contributed by atoms with van der Waals surface area (Å²) in [6, 6.07) is 0. The zero-order valence-electron chi connectivity index (χ0n) is 4.59. The van der Waals surface area contributed by atoms with E-state index < -0.39 is 5.76 Å². The molecule has 48 valence electrons. The van der Waals surface area contributed by atoms with E-state index in [9.17, 15) is 9.59 Å². The molecule has 1 heterocycles. The monoisotopic (exact) mass is 127 g/mol. The van der Waals surface area contributed by atoms with E-state index in [-0.39, 0.29) is 6.42 Å². The van der Waals surface area contributed by atoms with Crippen LogP contribution in [0.3, 0.4) is 0 Å². The number of aromatic nitrogens is 1. The van der Waals surface area contributed by atoms with Crippen LogP contribution in [-0.2, 0) is 11.2 Å². The minimum absolute atomic E-state index is 0.152. The first-order valence-electron chi connectivity index (χ1n) is 2.44. The first-order chi connectivity index (χ1) is 4.33. The number of H-pyrrole nitrogens is 1. The third-order valence-corrected chi connectivity index (χ3v) is 0.859. The van der Waals surface area contributed by atoms with E-state index in [0.717, 1.165) is 0 Å². The van der Waals surface area contributed by atoms with Gasteiger partial charge in [0.1, 0.15) is 12.0 Å². The zero-order chi connectivity index (χ0) is 6.69. The van der Waals surface area contributed by atoms with Gasteiger partial charge >= 0.3 is 5.76 Å². The quantitative estimate of drug-likeness (QED) is 0.555. The van der Waals surface area contributed by atoms with Crippen molar-refractivity contribution in [2.75, 3.05) is 0 Å². The van der Waals surface area contributed by atoms with Gasteiger partial charge in [-0.25, -0.2) is 4.79 Å². The van der Waals surface area contributed by atoms with Gasteiger partial charge in [0.25, 0.3) is 0 Å². The summed E-state index contributed by atoms with van der Waals surface area (Å²) in [7, 11) is 0. The minimum Gasteiger partial charge on any atom is -0.413 e. The summed E-state index contributed by atoms with van der Waals surface area (Å²) < 4.78 is 4.48. The number of oxazole rings is 1. The lowest BCUT2D eigenvalue weighted by Crippen LogP contribution is -1.92. The van der Waals surface area contributed by atoms with Gasteiger partial charge in [-0.15, -0.1) is 0 Å². The SMILES string of the molecule is O=CCc1c[nH]c(=O)o1. The Labute approximate surface area is 50.5 Å². The van der Waals surface area contributed by atoms with Crippen LogP contribution in [0, 0.1) is 0 Å². The molecule has 0 amide bonds. The highest BCUT2D eigenvalue weighted by atomic mass is 16.4. The molecule has 1 N–H and O–H groups in total. The molecule has 0 unspecified atom stereocenters. The molecule has 0 spiro atoms. The first-order valence-corrected chi connectivity index (χ1v) is 2.44. The van der Waals surface area contributed by atoms with Crippen LogP contribution in [0.5, 0.6) is 0 Å². The lowest BCUT2D eigenvalue weighted by molar-refractivity contribution is -0.107. The van der Waals surface area contributed by atoms with Crippen molar-refractivity contribution in [3.63, 3.8) is 0 Å². The van der Waals surface area contributed by atoms with E-state index in [4.69, 9.17) is 0 Å². The molecule has 0 bridgehead atoms. The van der Waals surface area contributed by atoms with Crippen LogP contribution in [0.1, 0.15) is 5.76 Å². The number of rotatable bonds is 2. The molecule has 0 atom stereocenters. The van der Waals surface area contributed by atoms with Gasteiger partial charge < -0.3 is 9.21 Å². The average Bonchev–Trinajstić information content (AvgIpc) is 2.17. The molecule has 4 heteroatoms. The van der Waals surface area contributed by atoms with E-state index >= 15 is 0 Å². The maximum Gasteiger partial charge on any atom is 0.416 e. The molecule has 0 aliphatic heterocycles. The number of hydrogen-bond donors (Lipinski definition) is 1. The van der Waals surface area contributed by atoms with Crippen molar-refractivity contribution in [1.82, 2.24) is 4.98 Å². The zero-order valence-corrected chi connectivity index (χ0v) is 4.59. The highest BCUT2D eigenvalue weighted by Gasteiger charge is 1.94. The van der Waals surface area contributed by atoms with Gasteiger partial charge in [0.05, 0.1) is 6.42 Å². The molecule has 1 aromatic heterocycles. The van der Waals surface area contributed by atoms with Crippen LogP contribution in [-0.4, -0.2) is 11.3 Å². The molecule has 0 fully saturated rings. The smallest absolute Gasteiger partial charge is 0.413 e. The second-order valence-electron chi connectivity index (χ2n) is 1.52. The second-order valence-corrected chi connectivity index (χ2v) is 1.52. The summed E-state index contributed by atoms with van der Waals surface area (Å²) in [5.41, 5.74) is 0. The van der Waals surface area contributed by atoms with Crippen molar-refractivity contribution >= 4 is 6.29 Å².